The second kappa shape index (κ2) is 4.28. The number of carbonyl (C=O) groups excluding carboxylic acids is 1. The van der Waals surface area contributed by atoms with E-state index in [1.165, 1.54) is 6.07 Å². The van der Waals surface area contributed by atoms with E-state index < -0.39 is 11.6 Å². The largest absolute Gasteiger partial charge is 0.462 e. The first-order valence-electron chi connectivity index (χ1n) is 5.92. The van der Waals surface area contributed by atoms with Gasteiger partial charge in [-0.3, -0.25) is 0 Å². The molecule has 0 aliphatic heterocycles. The molecule has 0 saturated carbocycles. The average Bonchev–Trinajstić information content (AvgIpc) is 2.75. The van der Waals surface area contributed by atoms with Gasteiger partial charge in [0.1, 0.15) is 5.56 Å². The van der Waals surface area contributed by atoms with Crippen molar-refractivity contribution in [3.63, 3.8) is 0 Å². The van der Waals surface area contributed by atoms with Crippen molar-refractivity contribution in [3.8, 4) is 0 Å². The molecule has 3 rings (SSSR count). The first-order valence-corrected chi connectivity index (χ1v) is 5.92. The zero-order valence-electron chi connectivity index (χ0n) is 10.3. The molecule has 96 valence electrons. The quantitative estimate of drug-likeness (QED) is 0.660. The second-order valence-electron chi connectivity index (χ2n) is 4.06. The van der Waals surface area contributed by atoms with E-state index in [1.54, 1.807) is 13.0 Å². The van der Waals surface area contributed by atoms with Gasteiger partial charge in [-0.25, -0.2) is 9.59 Å². The van der Waals surface area contributed by atoms with E-state index in [0.717, 1.165) is 5.52 Å². The first kappa shape index (κ1) is 11.5. The summed E-state index contributed by atoms with van der Waals surface area (Å²) in [6.07, 6.45) is 1.84. The summed E-state index contributed by atoms with van der Waals surface area (Å²) in [5, 5.41) is 0. The number of carbonyl (C=O) groups is 1. The number of fused-ring (bicyclic) bond motifs is 3. The van der Waals surface area contributed by atoms with Crippen LogP contribution in [0.1, 0.15) is 17.3 Å². The molecule has 0 bridgehead atoms. The normalized spacial score (nSPS) is 11.0. The number of pyridine rings is 1. The lowest BCUT2D eigenvalue weighted by Gasteiger charge is -2.01. The van der Waals surface area contributed by atoms with Crippen LogP contribution in [-0.4, -0.2) is 17.0 Å². The Kier molecular flexibility index (Phi) is 2.59. The maximum atomic E-state index is 11.7. The van der Waals surface area contributed by atoms with E-state index >= 15 is 0 Å². The molecule has 0 radical (unpaired) electrons. The fourth-order valence-corrected chi connectivity index (χ4v) is 2.04. The van der Waals surface area contributed by atoms with Crippen LogP contribution in [-0.2, 0) is 4.74 Å². The van der Waals surface area contributed by atoms with E-state index in [9.17, 15) is 9.59 Å². The van der Waals surface area contributed by atoms with Crippen molar-refractivity contribution in [3.05, 3.63) is 52.5 Å². The minimum Gasteiger partial charge on any atom is -0.462 e. The van der Waals surface area contributed by atoms with Crippen LogP contribution in [0.2, 0.25) is 0 Å². The number of esters is 1. The summed E-state index contributed by atoms with van der Waals surface area (Å²) in [6, 6.07) is 8.90. The van der Waals surface area contributed by atoms with Crippen molar-refractivity contribution >= 4 is 22.6 Å². The summed E-state index contributed by atoms with van der Waals surface area (Å²) in [5.41, 5.74) is 1.24. The minimum atomic E-state index is -0.679. The molecule has 0 fully saturated rings. The Morgan fingerprint density at radius 2 is 2.21 bits per heavy atom. The monoisotopic (exact) mass is 257 g/mol. The summed E-state index contributed by atoms with van der Waals surface area (Å²) in [4.78, 5) is 23.4. The minimum absolute atomic E-state index is 0.0850. The molecule has 3 aromatic heterocycles. The van der Waals surface area contributed by atoms with Crippen molar-refractivity contribution in [2.24, 2.45) is 0 Å². The fraction of sp³-hybridized carbons (Fsp3) is 0.143. The number of nitrogens with zero attached hydrogens (tertiary/aromatic N) is 1. The molecule has 0 unspecified atom stereocenters. The number of ether oxygens (including phenoxy) is 1. The lowest BCUT2D eigenvalue weighted by Crippen LogP contribution is -2.16. The van der Waals surface area contributed by atoms with Crippen LogP contribution < -0.4 is 5.63 Å². The summed E-state index contributed by atoms with van der Waals surface area (Å²) < 4.78 is 11.9. The summed E-state index contributed by atoms with van der Waals surface area (Å²) in [7, 11) is 0. The maximum absolute atomic E-state index is 11.7. The molecule has 5 heteroatoms. The van der Waals surface area contributed by atoms with E-state index in [2.05, 4.69) is 0 Å². The summed E-state index contributed by atoms with van der Waals surface area (Å²) in [6.45, 7) is 1.90. The van der Waals surface area contributed by atoms with Gasteiger partial charge < -0.3 is 13.6 Å². The lowest BCUT2D eigenvalue weighted by atomic mass is 10.3. The number of hydrogen-bond donors (Lipinski definition) is 0. The van der Waals surface area contributed by atoms with Gasteiger partial charge in [-0.1, -0.05) is 6.07 Å². The third kappa shape index (κ3) is 1.79. The molecule has 0 aromatic carbocycles. The molecule has 0 aliphatic carbocycles. The Hall–Kier alpha value is -2.56. The predicted octanol–water partition coefficient (Wildman–Crippen LogP) is 2.22. The lowest BCUT2D eigenvalue weighted by molar-refractivity contribution is 0.0522. The van der Waals surface area contributed by atoms with Crippen molar-refractivity contribution in [1.29, 1.82) is 0 Å². The van der Waals surface area contributed by atoms with Gasteiger partial charge in [0.25, 0.3) is 0 Å². The zero-order valence-corrected chi connectivity index (χ0v) is 10.3. The van der Waals surface area contributed by atoms with Crippen LogP contribution in [0.4, 0.5) is 0 Å². The third-order valence-electron chi connectivity index (χ3n) is 2.88. The van der Waals surface area contributed by atoms with Gasteiger partial charge in [0, 0.05) is 17.8 Å². The van der Waals surface area contributed by atoms with Crippen LogP contribution in [0.3, 0.4) is 0 Å². The first-order chi connectivity index (χ1) is 9.20. The molecule has 3 heterocycles. The highest BCUT2D eigenvalue weighted by molar-refractivity contribution is 5.93. The SMILES string of the molecule is CCOC(=O)c1cc2c(cc3ccccn32)oc1=O. The van der Waals surface area contributed by atoms with E-state index in [4.69, 9.17) is 9.15 Å². The smallest absolute Gasteiger partial charge is 0.351 e. The summed E-state index contributed by atoms with van der Waals surface area (Å²) in [5.74, 6) is -0.663. The van der Waals surface area contributed by atoms with Crippen molar-refractivity contribution in [1.82, 2.24) is 4.40 Å². The zero-order chi connectivity index (χ0) is 13.4. The molecular weight excluding hydrogens is 246 g/mol. The van der Waals surface area contributed by atoms with E-state index in [-0.39, 0.29) is 12.2 Å². The Morgan fingerprint density at radius 1 is 1.37 bits per heavy atom. The van der Waals surface area contributed by atoms with E-state index in [1.807, 2.05) is 28.8 Å². The number of rotatable bonds is 2. The molecule has 0 spiro atoms. The van der Waals surface area contributed by atoms with Crippen LogP contribution >= 0.6 is 0 Å². The Morgan fingerprint density at radius 3 is 3.00 bits per heavy atom. The predicted molar refractivity (Wildman–Crippen MR) is 69.4 cm³/mol. The molecule has 0 atom stereocenters. The Bertz CT molecular complexity index is 828. The van der Waals surface area contributed by atoms with Gasteiger partial charge in [-0.05, 0) is 25.1 Å². The van der Waals surface area contributed by atoms with Crippen molar-refractivity contribution in [2.75, 3.05) is 6.61 Å². The van der Waals surface area contributed by atoms with Crippen molar-refractivity contribution < 1.29 is 13.9 Å². The molecule has 0 amide bonds. The average molecular weight is 257 g/mol. The van der Waals surface area contributed by atoms with Gasteiger partial charge >= 0.3 is 11.6 Å². The second-order valence-corrected chi connectivity index (χ2v) is 4.06. The maximum Gasteiger partial charge on any atom is 0.351 e. The Labute approximate surface area is 108 Å². The molecule has 0 aliphatic rings. The molecular formula is C14H11NO4. The van der Waals surface area contributed by atoms with Crippen LogP contribution in [0, 0.1) is 0 Å². The molecule has 19 heavy (non-hydrogen) atoms. The van der Waals surface area contributed by atoms with Crippen LogP contribution in [0.5, 0.6) is 0 Å². The number of hydrogen-bond acceptors (Lipinski definition) is 4. The molecule has 3 aromatic rings. The Balaban J connectivity index is 2.31. The van der Waals surface area contributed by atoms with Crippen LogP contribution in [0.25, 0.3) is 16.6 Å². The highest BCUT2D eigenvalue weighted by atomic mass is 16.5. The standard InChI is InChI=1S/C14H11NO4/c1-2-18-13(16)10-8-11-12(19-14(10)17)7-9-5-3-4-6-15(9)11/h3-8H,2H2,1H3. The van der Waals surface area contributed by atoms with Crippen LogP contribution in [0.15, 0.2) is 45.7 Å². The van der Waals surface area contributed by atoms with Crippen molar-refractivity contribution in [2.45, 2.75) is 6.92 Å². The highest BCUT2D eigenvalue weighted by Crippen LogP contribution is 2.19. The van der Waals surface area contributed by atoms with Gasteiger partial charge in [0.15, 0.2) is 5.58 Å². The number of aromatic nitrogens is 1. The van der Waals surface area contributed by atoms with E-state index in [0.29, 0.717) is 11.1 Å². The molecule has 0 saturated heterocycles. The fourth-order valence-electron chi connectivity index (χ4n) is 2.04. The summed E-state index contributed by atoms with van der Waals surface area (Å²) >= 11 is 0. The van der Waals surface area contributed by atoms with Gasteiger partial charge in [-0.15, -0.1) is 0 Å². The van der Waals surface area contributed by atoms with Gasteiger partial charge in [-0.2, -0.15) is 0 Å². The topological polar surface area (TPSA) is 60.9 Å². The molecule has 5 nitrogen and oxygen atoms in total. The molecule has 0 N–H and O–H groups in total. The van der Waals surface area contributed by atoms with Gasteiger partial charge in [0.2, 0.25) is 0 Å². The highest BCUT2D eigenvalue weighted by Gasteiger charge is 2.16. The third-order valence-corrected chi connectivity index (χ3v) is 2.88. The van der Waals surface area contributed by atoms with Gasteiger partial charge in [0.05, 0.1) is 12.1 Å².